The highest BCUT2D eigenvalue weighted by Crippen LogP contribution is 2.20. The van der Waals surface area contributed by atoms with E-state index < -0.39 is 0 Å². The molecule has 0 bridgehead atoms. The molecule has 130 valence electrons. The van der Waals surface area contributed by atoms with Crippen molar-refractivity contribution in [3.8, 4) is 0 Å². The molecule has 1 heterocycles. The summed E-state index contributed by atoms with van der Waals surface area (Å²) in [5.74, 6) is 0.880. The molecule has 26 heavy (non-hydrogen) atoms. The molecule has 2 N–H and O–H groups in total. The molecule has 1 amide bonds. The number of carbonyl (C=O) groups excluding carboxylic acids is 1. The van der Waals surface area contributed by atoms with E-state index in [0.29, 0.717) is 12.8 Å². The van der Waals surface area contributed by atoms with Crippen LogP contribution >= 0.6 is 0 Å². The Balaban J connectivity index is 1.38. The SMILES string of the molecule is CC(NC(=O)CCc1nc2ccccc2[nH]1)c1ccc2ccccc2c1. The minimum atomic E-state index is -0.0252. The van der Waals surface area contributed by atoms with Crippen LogP contribution in [0.1, 0.15) is 30.8 Å². The molecule has 1 aromatic heterocycles. The molecule has 0 aliphatic rings. The second-order valence-electron chi connectivity index (χ2n) is 6.60. The number of nitrogens with one attached hydrogen (secondary N) is 2. The Labute approximate surface area is 152 Å². The Bertz CT molecular complexity index is 1030. The number of hydrogen-bond donors (Lipinski definition) is 2. The molecule has 0 radical (unpaired) electrons. The maximum Gasteiger partial charge on any atom is 0.220 e. The topological polar surface area (TPSA) is 57.8 Å². The zero-order valence-corrected chi connectivity index (χ0v) is 14.7. The van der Waals surface area contributed by atoms with E-state index in [4.69, 9.17) is 0 Å². The highest BCUT2D eigenvalue weighted by molar-refractivity contribution is 5.83. The zero-order chi connectivity index (χ0) is 17.9. The van der Waals surface area contributed by atoms with Crippen molar-refractivity contribution in [1.29, 1.82) is 0 Å². The van der Waals surface area contributed by atoms with E-state index in [1.165, 1.54) is 10.8 Å². The monoisotopic (exact) mass is 343 g/mol. The quantitative estimate of drug-likeness (QED) is 0.559. The second-order valence-corrected chi connectivity index (χ2v) is 6.60. The summed E-state index contributed by atoms with van der Waals surface area (Å²) < 4.78 is 0. The highest BCUT2D eigenvalue weighted by Gasteiger charge is 2.11. The van der Waals surface area contributed by atoms with Crippen molar-refractivity contribution in [3.63, 3.8) is 0 Å². The van der Waals surface area contributed by atoms with Gasteiger partial charge in [0.15, 0.2) is 0 Å². The van der Waals surface area contributed by atoms with Crippen LogP contribution in [0.5, 0.6) is 0 Å². The van der Waals surface area contributed by atoms with Gasteiger partial charge in [-0.25, -0.2) is 4.98 Å². The number of imidazole rings is 1. The molecule has 0 aliphatic heterocycles. The van der Waals surface area contributed by atoms with Crippen LogP contribution in [0.4, 0.5) is 0 Å². The molecule has 0 saturated carbocycles. The number of hydrogen-bond acceptors (Lipinski definition) is 2. The number of aromatic amines is 1. The Hall–Kier alpha value is -3.14. The molecule has 4 rings (SSSR count). The second kappa shape index (κ2) is 7.00. The van der Waals surface area contributed by atoms with E-state index in [1.807, 2.05) is 43.3 Å². The Morgan fingerprint density at radius 3 is 2.65 bits per heavy atom. The number of aryl methyl sites for hydroxylation is 1. The number of benzene rings is 3. The van der Waals surface area contributed by atoms with Gasteiger partial charge in [0.25, 0.3) is 0 Å². The molecule has 4 nitrogen and oxygen atoms in total. The van der Waals surface area contributed by atoms with Gasteiger partial charge >= 0.3 is 0 Å². The van der Waals surface area contributed by atoms with Crippen LogP contribution in [-0.2, 0) is 11.2 Å². The number of carbonyl (C=O) groups is 1. The van der Waals surface area contributed by atoms with Crippen LogP contribution in [0.3, 0.4) is 0 Å². The van der Waals surface area contributed by atoms with E-state index in [2.05, 4.69) is 45.6 Å². The zero-order valence-electron chi connectivity index (χ0n) is 14.7. The number of nitrogens with zero attached hydrogens (tertiary/aromatic N) is 1. The summed E-state index contributed by atoms with van der Waals surface area (Å²) in [6.45, 7) is 2.02. The highest BCUT2D eigenvalue weighted by atomic mass is 16.1. The smallest absolute Gasteiger partial charge is 0.220 e. The molecule has 1 atom stereocenters. The Morgan fingerprint density at radius 2 is 1.81 bits per heavy atom. The van der Waals surface area contributed by atoms with E-state index in [-0.39, 0.29) is 11.9 Å². The first-order valence-corrected chi connectivity index (χ1v) is 8.91. The van der Waals surface area contributed by atoms with Crippen LogP contribution in [-0.4, -0.2) is 15.9 Å². The fraction of sp³-hybridized carbons (Fsp3) is 0.182. The summed E-state index contributed by atoms with van der Waals surface area (Å²) in [7, 11) is 0. The van der Waals surface area contributed by atoms with E-state index in [1.54, 1.807) is 0 Å². The predicted octanol–water partition coefficient (Wildman–Crippen LogP) is 4.53. The van der Waals surface area contributed by atoms with Gasteiger partial charge in [-0.05, 0) is 41.5 Å². The van der Waals surface area contributed by atoms with Gasteiger partial charge in [0.2, 0.25) is 5.91 Å². The van der Waals surface area contributed by atoms with Crippen molar-refractivity contribution in [1.82, 2.24) is 15.3 Å². The first-order chi connectivity index (χ1) is 12.7. The lowest BCUT2D eigenvalue weighted by molar-refractivity contribution is -0.121. The average molecular weight is 343 g/mol. The van der Waals surface area contributed by atoms with Crippen molar-refractivity contribution in [2.45, 2.75) is 25.8 Å². The normalized spacial score (nSPS) is 12.3. The van der Waals surface area contributed by atoms with Crippen LogP contribution in [0.15, 0.2) is 66.7 Å². The predicted molar refractivity (Wildman–Crippen MR) is 105 cm³/mol. The van der Waals surface area contributed by atoms with Gasteiger partial charge in [-0.1, -0.05) is 48.5 Å². The first kappa shape index (κ1) is 16.3. The number of amides is 1. The molecular formula is C22H21N3O. The number of aromatic nitrogens is 2. The van der Waals surface area contributed by atoms with Crippen LogP contribution in [0, 0.1) is 0 Å². The summed E-state index contributed by atoms with van der Waals surface area (Å²) in [6, 6.07) is 22.4. The third-order valence-corrected chi connectivity index (χ3v) is 4.68. The van der Waals surface area contributed by atoms with Crippen molar-refractivity contribution in [2.24, 2.45) is 0 Å². The molecule has 4 heteroatoms. The van der Waals surface area contributed by atoms with Gasteiger partial charge < -0.3 is 10.3 Å². The third kappa shape index (κ3) is 3.45. The maximum absolute atomic E-state index is 12.3. The van der Waals surface area contributed by atoms with Gasteiger partial charge in [-0.15, -0.1) is 0 Å². The standard InChI is InChI=1S/C22H21N3O/c1-15(17-11-10-16-6-2-3-7-18(16)14-17)23-22(26)13-12-21-24-19-8-4-5-9-20(19)25-21/h2-11,14-15H,12-13H2,1H3,(H,23,26)(H,24,25). The number of fused-ring (bicyclic) bond motifs is 2. The molecule has 3 aromatic carbocycles. The van der Waals surface area contributed by atoms with Crippen molar-refractivity contribution in [3.05, 3.63) is 78.1 Å². The van der Waals surface area contributed by atoms with Crippen molar-refractivity contribution in [2.75, 3.05) is 0 Å². The lowest BCUT2D eigenvalue weighted by atomic mass is 10.0. The number of rotatable bonds is 5. The van der Waals surface area contributed by atoms with Crippen LogP contribution < -0.4 is 5.32 Å². The summed E-state index contributed by atoms with van der Waals surface area (Å²) >= 11 is 0. The fourth-order valence-electron chi connectivity index (χ4n) is 3.23. The molecular weight excluding hydrogens is 322 g/mol. The fourth-order valence-corrected chi connectivity index (χ4v) is 3.23. The van der Waals surface area contributed by atoms with E-state index in [9.17, 15) is 4.79 Å². The first-order valence-electron chi connectivity index (χ1n) is 8.91. The summed E-state index contributed by atoms with van der Waals surface area (Å²) in [6.07, 6.45) is 1.02. The molecule has 0 fully saturated rings. The van der Waals surface area contributed by atoms with Crippen molar-refractivity contribution >= 4 is 27.7 Å². The minimum Gasteiger partial charge on any atom is -0.350 e. The minimum absolute atomic E-state index is 0.0252. The molecule has 1 unspecified atom stereocenters. The molecule has 0 saturated heterocycles. The summed E-state index contributed by atoms with van der Waals surface area (Å²) in [5.41, 5.74) is 3.06. The maximum atomic E-state index is 12.3. The van der Waals surface area contributed by atoms with Crippen LogP contribution in [0.2, 0.25) is 0 Å². The molecule has 4 aromatic rings. The molecule has 0 aliphatic carbocycles. The Kier molecular flexibility index (Phi) is 4.40. The van der Waals surface area contributed by atoms with E-state index in [0.717, 1.165) is 22.4 Å². The van der Waals surface area contributed by atoms with Crippen LogP contribution in [0.25, 0.3) is 21.8 Å². The summed E-state index contributed by atoms with van der Waals surface area (Å²) in [4.78, 5) is 20.1. The summed E-state index contributed by atoms with van der Waals surface area (Å²) in [5, 5.41) is 5.48. The molecule has 0 spiro atoms. The number of para-hydroxylation sites is 2. The van der Waals surface area contributed by atoms with Gasteiger partial charge in [0.05, 0.1) is 17.1 Å². The van der Waals surface area contributed by atoms with Gasteiger partial charge in [0, 0.05) is 12.8 Å². The van der Waals surface area contributed by atoms with Gasteiger partial charge in [0.1, 0.15) is 5.82 Å². The lowest BCUT2D eigenvalue weighted by Gasteiger charge is -2.15. The Morgan fingerprint density at radius 1 is 1.04 bits per heavy atom. The largest absolute Gasteiger partial charge is 0.350 e. The third-order valence-electron chi connectivity index (χ3n) is 4.68. The van der Waals surface area contributed by atoms with E-state index >= 15 is 0 Å². The average Bonchev–Trinajstić information content (AvgIpc) is 3.09. The number of H-pyrrole nitrogens is 1. The van der Waals surface area contributed by atoms with Gasteiger partial charge in [-0.3, -0.25) is 4.79 Å². The van der Waals surface area contributed by atoms with Crippen molar-refractivity contribution < 1.29 is 4.79 Å². The lowest BCUT2D eigenvalue weighted by Crippen LogP contribution is -2.26. The van der Waals surface area contributed by atoms with Gasteiger partial charge in [-0.2, -0.15) is 0 Å².